The van der Waals surface area contributed by atoms with Crippen LogP contribution in [-0.2, 0) is 4.79 Å². The lowest BCUT2D eigenvalue weighted by atomic mass is 10.1. The fourth-order valence-corrected chi connectivity index (χ4v) is 3.49. The Kier molecular flexibility index (Phi) is 7.02. The zero-order valence-electron chi connectivity index (χ0n) is 16.2. The Balaban J connectivity index is 1.94. The zero-order chi connectivity index (χ0) is 21.7. The Bertz CT molecular complexity index is 938. The van der Waals surface area contributed by atoms with Crippen molar-refractivity contribution in [3.8, 4) is 0 Å². The number of hydrogen-bond acceptors (Lipinski definition) is 4. The third-order valence-corrected chi connectivity index (χ3v) is 5.00. The lowest BCUT2D eigenvalue weighted by Gasteiger charge is -2.42. The van der Waals surface area contributed by atoms with E-state index in [-0.39, 0.29) is 31.7 Å². The summed E-state index contributed by atoms with van der Waals surface area (Å²) in [5.74, 6) is -2.02. The van der Waals surface area contributed by atoms with E-state index in [1.54, 1.807) is 24.3 Å². The number of carbonyl (C=O) groups is 3. The first-order chi connectivity index (χ1) is 14.4. The van der Waals surface area contributed by atoms with Crippen molar-refractivity contribution >= 4 is 29.3 Å². The van der Waals surface area contributed by atoms with Gasteiger partial charge in [0.25, 0.3) is 17.7 Å². The molecule has 0 saturated carbocycles. The third kappa shape index (κ3) is 4.77. The number of nitrogens with one attached hydrogen (secondary N) is 1. The second-order valence-corrected chi connectivity index (χ2v) is 7.26. The molecule has 1 unspecified atom stereocenters. The molecule has 1 heterocycles. The molecule has 1 aliphatic rings. The molecule has 0 bridgehead atoms. The summed E-state index contributed by atoms with van der Waals surface area (Å²) in [4.78, 5) is 41.8. The number of amides is 3. The molecule has 0 aromatic heterocycles. The van der Waals surface area contributed by atoms with Gasteiger partial charge in [0.2, 0.25) is 0 Å². The molecule has 0 spiro atoms. The minimum atomic E-state index is -1.18. The van der Waals surface area contributed by atoms with Crippen LogP contribution in [0, 0.1) is 5.82 Å². The van der Waals surface area contributed by atoms with Crippen molar-refractivity contribution < 1.29 is 18.8 Å². The minimum absolute atomic E-state index is 0.104. The molecular formula is C21H22ClFN4O3. The average Bonchev–Trinajstić information content (AvgIpc) is 2.76. The fraction of sp³-hybridized carbons (Fsp3) is 0.286. The average molecular weight is 433 g/mol. The van der Waals surface area contributed by atoms with Gasteiger partial charge in [-0.1, -0.05) is 17.7 Å². The van der Waals surface area contributed by atoms with Crippen molar-refractivity contribution in [1.82, 2.24) is 15.1 Å². The van der Waals surface area contributed by atoms with Gasteiger partial charge in [0.15, 0.2) is 6.17 Å². The topological polar surface area (TPSA) is 95.7 Å². The van der Waals surface area contributed by atoms with Gasteiger partial charge in [-0.15, -0.1) is 0 Å². The van der Waals surface area contributed by atoms with Gasteiger partial charge < -0.3 is 20.9 Å². The molecule has 3 N–H and O–H groups in total. The standard InChI is InChI=1S/C21H22ClFN4O3/c22-16-7-5-14(6-8-16)20(29)26-11-2-12-27(19(26)18(28)25-10-9-24)21(30)15-3-1-4-17(23)13-15/h1,3-8,13,19H,2,9-12,24H2,(H,25,28). The SMILES string of the molecule is NCCNC(=O)C1N(C(=O)c2ccc(Cl)cc2)CCCN1C(=O)c1cccc(F)c1. The molecule has 3 rings (SSSR count). The van der Waals surface area contributed by atoms with Crippen molar-refractivity contribution in [3.05, 3.63) is 70.5 Å². The quantitative estimate of drug-likeness (QED) is 0.753. The highest BCUT2D eigenvalue weighted by Crippen LogP contribution is 2.22. The van der Waals surface area contributed by atoms with Gasteiger partial charge >= 0.3 is 0 Å². The van der Waals surface area contributed by atoms with E-state index in [0.717, 1.165) is 6.07 Å². The largest absolute Gasteiger partial charge is 0.351 e. The highest BCUT2D eigenvalue weighted by molar-refractivity contribution is 6.30. The molecule has 9 heteroatoms. The number of hydrogen-bond donors (Lipinski definition) is 2. The van der Waals surface area contributed by atoms with Crippen molar-refractivity contribution in [2.24, 2.45) is 5.73 Å². The minimum Gasteiger partial charge on any atom is -0.351 e. The Morgan fingerprint density at radius 3 is 2.27 bits per heavy atom. The van der Waals surface area contributed by atoms with E-state index in [2.05, 4.69) is 5.32 Å². The van der Waals surface area contributed by atoms with Crippen LogP contribution in [0.3, 0.4) is 0 Å². The van der Waals surface area contributed by atoms with Crippen LogP contribution in [-0.4, -0.2) is 59.9 Å². The number of benzene rings is 2. The molecule has 7 nitrogen and oxygen atoms in total. The molecule has 2 aromatic carbocycles. The van der Waals surface area contributed by atoms with Gasteiger partial charge in [-0.2, -0.15) is 0 Å². The van der Waals surface area contributed by atoms with Crippen LogP contribution in [0.5, 0.6) is 0 Å². The lowest BCUT2D eigenvalue weighted by molar-refractivity contribution is -0.132. The van der Waals surface area contributed by atoms with E-state index in [9.17, 15) is 18.8 Å². The first-order valence-electron chi connectivity index (χ1n) is 9.53. The van der Waals surface area contributed by atoms with Gasteiger partial charge in [0.1, 0.15) is 5.82 Å². The Labute approximate surface area is 178 Å². The smallest absolute Gasteiger partial charge is 0.263 e. The number of carbonyl (C=O) groups excluding carboxylic acids is 3. The van der Waals surface area contributed by atoms with Crippen LogP contribution in [0.2, 0.25) is 5.02 Å². The monoisotopic (exact) mass is 432 g/mol. The van der Waals surface area contributed by atoms with E-state index >= 15 is 0 Å². The van der Waals surface area contributed by atoms with Gasteiger partial charge in [-0.3, -0.25) is 14.4 Å². The highest BCUT2D eigenvalue weighted by atomic mass is 35.5. The van der Waals surface area contributed by atoms with Crippen LogP contribution in [0.15, 0.2) is 48.5 Å². The summed E-state index contributed by atoms with van der Waals surface area (Å²) in [6.45, 7) is 0.942. The maximum atomic E-state index is 13.6. The second kappa shape index (κ2) is 9.69. The number of halogens is 2. The maximum absolute atomic E-state index is 13.6. The summed E-state index contributed by atoms with van der Waals surface area (Å²) in [6, 6.07) is 11.5. The van der Waals surface area contributed by atoms with Crippen molar-refractivity contribution in [3.63, 3.8) is 0 Å². The van der Waals surface area contributed by atoms with E-state index in [4.69, 9.17) is 17.3 Å². The first kappa shape index (κ1) is 21.7. The number of nitrogens with zero attached hydrogens (tertiary/aromatic N) is 2. The molecule has 1 aliphatic heterocycles. The molecule has 0 radical (unpaired) electrons. The molecule has 0 aliphatic carbocycles. The second-order valence-electron chi connectivity index (χ2n) is 6.82. The summed E-state index contributed by atoms with van der Waals surface area (Å²) in [6.07, 6.45) is -0.703. The van der Waals surface area contributed by atoms with E-state index < -0.39 is 29.7 Å². The van der Waals surface area contributed by atoms with Crippen LogP contribution >= 0.6 is 11.6 Å². The molecule has 1 saturated heterocycles. The molecule has 3 amide bonds. The van der Waals surface area contributed by atoms with Gasteiger partial charge in [-0.25, -0.2) is 4.39 Å². The molecule has 1 fully saturated rings. The molecule has 1 atom stereocenters. The Hall–Kier alpha value is -2.97. The fourth-order valence-electron chi connectivity index (χ4n) is 3.36. The van der Waals surface area contributed by atoms with Crippen molar-refractivity contribution in [2.45, 2.75) is 12.6 Å². The van der Waals surface area contributed by atoms with Gasteiger partial charge in [0, 0.05) is 42.3 Å². The summed E-state index contributed by atoms with van der Waals surface area (Å²) in [5, 5.41) is 3.13. The van der Waals surface area contributed by atoms with Crippen LogP contribution in [0.1, 0.15) is 27.1 Å². The van der Waals surface area contributed by atoms with Gasteiger partial charge in [0.05, 0.1) is 0 Å². The number of rotatable bonds is 5. The predicted molar refractivity (Wildman–Crippen MR) is 110 cm³/mol. The van der Waals surface area contributed by atoms with Crippen LogP contribution in [0.25, 0.3) is 0 Å². The normalized spacial score (nSPS) is 16.3. The summed E-state index contributed by atoms with van der Waals surface area (Å²) in [7, 11) is 0. The van der Waals surface area contributed by atoms with Gasteiger partial charge in [-0.05, 0) is 48.9 Å². The van der Waals surface area contributed by atoms with Crippen molar-refractivity contribution in [1.29, 1.82) is 0 Å². The molecule has 2 aromatic rings. The summed E-state index contributed by atoms with van der Waals surface area (Å²) in [5.41, 5.74) is 5.93. The maximum Gasteiger partial charge on any atom is 0.263 e. The highest BCUT2D eigenvalue weighted by Gasteiger charge is 2.40. The van der Waals surface area contributed by atoms with E-state index in [1.165, 1.54) is 28.0 Å². The summed E-state index contributed by atoms with van der Waals surface area (Å²) >= 11 is 5.90. The third-order valence-electron chi connectivity index (χ3n) is 4.75. The zero-order valence-corrected chi connectivity index (χ0v) is 16.9. The first-order valence-corrected chi connectivity index (χ1v) is 9.91. The van der Waals surface area contributed by atoms with Crippen molar-refractivity contribution in [2.75, 3.05) is 26.2 Å². The molecule has 30 heavy (non-hydrogen) atoms. The molecule has 158 valence electrons. The molecular weight excluding hydrogens is 411 g/mol. The van der Waals surface area contributed by atoms with E-state index in [1.807, 2.05) is 0 Å². The lowest BCUT2D eigenvalue weighted by Crippen LogP contribution is -2.63. The van der Waals surface area contributed by atoms with Crippen LogP contribution < -0.4 is 11.1 Å². The Morgan fingerprint density at radius 1 is 1.03 bits per heavy atom. The predicted octanol–water partition coefficient (Wildman–Crippen LogP) is 1.87. The summed E-state index contributed by atoms with van der Waals surface area (Å²) < 4.78 is 13.6. The van der Waals surface area contributed by atoms with E-state index in [0.29, 0.717) is 17.0 Å². The number of nitrogens with two attached hydrogens (primary N) is 1. The Morgan fingerprint density at radius 2 is 1.67 bits per heavy atom. The van der Waals surface area contributed by atoms with Crippen LogP contribution in [0.4, 0.5) is 4.39 Å².